The van der Waals surface area contributed by atoms with Gasteiger partial charge in [0.1, 0.15) is 0 Å². The molecule has 1 heterocycles. The Labute approximate surface area is 161 Å². The monoisotopic (exact) mass is 392 g/mol. The van der Waals surface area contributed by atoms with Gasteiger partial charge in [-0.1, -0.05) is 30.3 Å². The van der Waals surface area contributed by atoms with E-state index in [2.05, 4.69) is 18.2 Å². The third-order valence-corrected chi connectivity index (χ3v) is 7.07. The van der Waals surface area contributed by atoms with Gasteiger partial charge in [-0.2, -0.15) is 4.31 Å². The number of carbonyl (C=O) groups is 1. The lowest BCUT2D eigenvalue weighted by Crippen LogP contribution is -2.68. The van der Waals surface area contributed by atoms with Crippen LogP contribution in [-0.2, 0) is 14.8 Å². The van der Waals surface area contributed by atoms with Crippen LogP contribution in [0.4, 0.5) is 0 Å². The smallest absolute Gasteiger partial charge is 0.219 e. The van der Waals surface area contributed by atoms with Gasteiger partial charge in [0.25, 0.3) is 0 Å². The summed E-state index contributed by atoms with van der Waals surface area (Å²) < 4.78 is 25.9. The third-order valence-electron chi connectivity index (χ3n) is 5.76. The number of aliphatic hydroxyl groups excluding tert-OH is 1. The molecule has 1 fully saturated rings. The van der Waals surface area contributed by atoms with Crippen LogP contribution in [0.25, 0.3) is 5.57 Å². The normalized spacial score (nSPS) is 25.8. The van der Waals surface area contributed by atoms with Gasteiger partial charge < -0.3 is 10.0 Å². The first-order valence-electron chi connectivity index (χ1n) is 9.34. The van der Waals surface area contributed by atoms with E-state index in [-0.39, 0.29) is 24.5 Å². The summed E-state index contributed by atoms with van der Waals surface area (Å²) in [5, 5.41) is 9.84. The molecule has 1 aromatic rings. The summed E-state index contributed by atoms with van der Waals surface area (Å²) in [6.07, 6.45) is 6.83. The number of likely N-dealkylation sites (N-methyl/N-ethyl adjacent to an activating group) is 1. The zero-order valence-electron chi connectivity index (χ0n) is 16.1. The molecule has 148 valence electrons. The number of rotatable bonds is 6. The van der Waals surface area contributed by atoms with Crippen molar-refractivity contribution >= 4 is 21.5 Å². The highest BCUT2D eigenvalue weighted by Gasteiger charge is 2.53. The van der Waals surface area contributed by atoms with Crippen molar-refractivity contribution in [1.29, 1.82) is 0 Å². The molecule has 3 atom stereocenters. The van der Waals surface area contributed by atoms with Crippen LogP contribution in [-0.4, -0.2) is 67.2 Å². The first-order valence-corrected chi connectivity index (χ1v) is 11.2. The molecule has 6 nitrogen and oxygen atoms in total. The van der Waals surface area contributed by atoms with E-state index in [9.17, 15) is 18.3 Å². The highest BCUT2D eigenvalue weighted by atomic mass is 32.2. The van der Waals surface area contributed by atoms with Gasteiger partial charge in [-0.25, -0.2) is 8.42 Å². The number of benzene rings is 1. The van der Waals surface area contributed by atoms with Crippen LogP contribution in [0.15, 0.2) is 30.3 Å². The highest BCUT2D eigenvalue weighted by molar-refractivity contribution is 7.88. The van der Waals surface area contributed by atoms with Gasteiger partial charge in [0, 0.05) is 26.4 Å². The number of allylic oxidation sites excluding steroid dienone is 2. The van der Waals surface area contributed by atoms with E-state index < -0.39 is 16.1 Å². The fraction of sp³-hybridized carbons (Fsp3) is 0.550. The molecule has 0 spiro atoms. The number of sulfonamides is 1. The van der Waals surface area contributed by atoms with Crippen molar-refractivity contribution in [3.8, 4) is 0 Å². The van der Waals surface area contributed by atoms with E-state index in [0.717, 1.165) is 24.7 Å². The standard InChI is InChI=1S/C20H28N2O4S/c1-14(24)21(2)12-18-20(19(13-23)22(18)27(3,25)26)17-10-8-16(9-11-17)15-6-4-5-7-15/h6,8-11,18-20,23H,4-5,7,12-13H2,1-3H3/t18-,19-,20-/m1/s1. The molecule has 2 aliphatic rings. The van der Waals surface area contributed by atoms with Crippen LogP contribution < -0.4 is 0 Å². The molecule has 0 aromatic heterocycles. The van der Waals surface area contributed by atoms with Crippen molar-refractivity contribution in [3.63, 3.8) is 0 Å². The molecule has 1 aromatic carbocycles. The fourth-order valence-electron chi connectivity index (χ4n) is 4.30. The predicted molar refractivity (Wildman–Crippen MR) is 106 cm³/mol. The van der Waals surface area contributed by atoms with Crippen LogP contribution in [0.1, 0.15) is 43.2 Å². The van der Waals surface area contributed by atoms with Crippen molar-refractivity contribution < 1.29 is 18.3 Å². The molecule has 1 N–H and O–H groups in total. The average Bonchev–Trinajstić information content (AvgIpc) is 3.11. The van der Waals surface area contributed by atoms with Crippen molar-refractivity contribution in [2.24, 2.45) is 0 Å². The Balaban J connectivity index is 1.89. The number of hydrogen-bond acceptors (Lipinski definition) is 4. The topological polar surface area (TPSA) is 77.9 Å². The summed E-state index contributed by atoms with van der Waals surface area (Å²) in [6, 6.07) is 7.35. The molecular weight excluding hydrogens is 364 g/mol. The lowest BCUT2D eigenvalue weighted by Gasteiger charge is -2.54. The van der Waals surface area contributed by atoms with Gasteiger partial charge >= 0.3 is 0 Å². The van der Waals surface area contributed by atoms with Crippen molar-refractivity contribution in [3.05, 3.63) is 41.5 Å². The lowest BCUT2D eigenvalue weighted by atomic mass is 9.77. The largest absolute Gasteiger partial charge is 0.395 e. The molecule has 0 radical (unpaired) electrons. The predicted octanol–water partition coefficient (Wildman–Crippen LogP) is 1.82. The molecular formula is C20H28N2O4S. The first-order chi connectivity index (χ1) is 12.7. The second-order valence-electron chi connectivity index (χ2n) is 7.58. The average molecular weight is 393 g/mol. The Morgan fingerprint density at radius 2 is 1.93 bits per heavy atom. The second kappa shape index (κ2) is 7.73. The van der Waals surface area contributed by atoms with Gasteiger partial charge in [-0.15, -0.1) is 0 Å². The van der Waals surface area contributed by atoms with Crippen LogP contribution >= 0.6 is 0 Å². The Hall–Kier alpha value is -1.70. The van der Waals surface area contributed by atoms with E-state index in [1.807, 2.05) is 12.1 Å². The summed E-state index contributed by atoms with van der Waals surface area (Å²) in [7, 11) is -1.82. The minimum Gasteiger partial charge on any atom is -0.395 e. The highest BCUT2D eigenvalue weighted by Crippen LogP contribution is 2.43. The second-order valence-corrected chi connectivity index (χ2v) is 9.47. The summed E-state index contributed by atoms with van der Waals surface area (Å²) in [5.74, 6) is -0.253. The number of aliphatic hydroxyl groups is 1. The van der Waals surface area contributed by atoms with Crippen LogP contribution in [0.2, 0.25) is 0 Å². The van der Waals surface area contributed by atoms with E-state index in [1.165, 1.54) is 33.7 Å². The first kappa shape index (κ1) is 20.0. The Morgan fingerprint density at radius 1 is 1.26 bits per heavy atom. The molecule has 0 bridgehead atoms. The van der Waals surface area contributed by atoms with Crippen LogP contribution in [0, 0.1) is 0 Å². The number of hydrogen-bond donors (Lipinski definition) is 1. The Bertz CT molecular complexity index is 832. The molecule has 0 unspecified atom stereocenters. The number of carbonyl (C=O) groups excluding carboxylic acids is 1. The zero-order valence-corrected chi connectivity index (χ0v) is 16.9. The molecule has 0 saturated carbocycles. The fourth-order valence-corrected chi connectivity index (χ4v) is 5.68. The number of nitrogens with zero attached hydrogens (tertiary/aromatic N) is 2. The van der Waals surface area contributed by atoms with Gasteiger partial charge in [-0.3, -0.25) is 4.79 Å². The lowest BCUT2D eigenvalue weighted by molar-refractivity contribution is -0.129. The summed E-state index contributed by atoms with van der Waals surface area (Å²) in [6.45, 7) is 1.52. The molecule has 27 heavy (non-hydrogen) atoms. The Kier molecular flexibility index (Phi) is 5.74. The number of amides is 1. The maximum Gasteiger partial charge on any atom is 0.219 e. The van der Waals surface area contributed by atoms with E-state index in [4.69, 9.17) is 0 Å². The van der Waals surface area contributed by atoms with Crippen LogP contribution in [0.3, 0.4) is 0 Å². The van der Waals surface area contributed by atoms with Gasteiger partial charge in [0.05, 0.1) is 24.9 Å². The van der Waals surface area contributed by atoms with Crippen LogP contribution in [0.5, 0.6) is 0 Å². The molecule has 3 rings (SSSR count). The van der Waals surface area contributed by atoms with Crippen molar-refractivity contribution in [1.82, 2.24) is 9.21 Å². The molecule has 7 heteroatoms. The van der Waals surface area contributed by atoms with E-state index in [1.54, 1.807) is 7.05 Å². The maximum atomic E-state index is 12.3. The summed E-state index contributed by atoms with van der Waals surface area (Å²) >= 11 is 0. The molecule has 1 aliphatic heterocycles. The van der Waals surface area contributed by atoms with Gasteiger partial charge in [0.2, 0.25) is 15.9 Å². The van der Waals surface area contributed by atoms with E-state index in [0.29, 0.717) is 6.54 Å². The summed E-state index contributed by atoms with van der Waals surface area (Å²) in [5.41, 5.74) is 3.56. The Morgan fingerprint density at radius 3 is 2.41 bits per heavy atom. The third kappa shape index (κ3) is 3.95. The molecule has 1 amide bonds. The summed E-state index contributed by atoms with van der Waals surface area (Å²) in [4.78, 5) is 13.2. The minimum absolute atomic E-state index is 0.113. The minimum atomic E-state index is -3.48. The van der Waals surface area contributed by atoms with Crippen molar-refractivity contribution in [2.45, 2.75) is 44.2 Å². The quantitative estimate of drug-likeness (QED) is 0.801. The molecule has 1 aliphatic carbocycles. The van der Waals surface area contributed by atoms with E-state index >= 15 is 0 Å². The maximum absolute atomic E-state index is 12.3. The SMILES string of the molecule is CC(=O)N(C)C[C@@H]1[C@@H](c2ccc(C3=CCCC3)cc2)[C@@H](CO)N1S(C)(=O)=O. The molecule has 1 saturated heterocycles. The van der Waals surface area contributed by atoms with Gasteiger partial charge in [0.15, 0.2) is 0 Å². The van der Waals surface area contributed by atoms with Crippen molar-refractivity contribution in [2.75, 3.05) is 26.5 Å². The van der Waals surface area contributed by atoms with Gasteiger partial charge in [-0.05, 0) is 36.0 Å². The zero-order chi connectivity index (χ0) is 19.8.